The molecule has 0 atom stereocenters. The minimum Gasteiger partial charge on any atom is -0.383 e. The van der Waals surface area contributed by atoms with E-state index >= 15 is 0 Å². The number of fused-ring (bicyclic) bond motifs is 1. The zero-order valence-electron chi connectivity index (χ0n) is 19.4. The normalized spacial score (nSPS) is 14.7. The van der Waals surface area contributed by atoms with Crippen LogP contribution in [0.1, 0.15) is 69.4 Å². The first kappa shape index (κ1) is 22.3. The van der Waals surface area contributed by atoms with Crippen molar-refractivity contribution in [2.75, 3.05) is 12.3 Å². The highest BCUT2D eigenvalue weighted by Gasteiger charge is 2.15. The van der Waals surface area contributed by atoms with Gasteiger partial charge in [0.05, 0.1) is 5.52 Å². The molecular weight excluding hydrogens is 394 g/mol. The Morgan fingerprint density at radius 2 is 1.88 bits per heavy atom. The smallest absolute Gasteiger partial charge is 0.220 e. The van der Waals surface area contributed by atoms with Gasteiger partial charge in [-0.2, -0.15) is 0 Å². The van der Waals surface area contributed by atoms with Gasteiger partial charge in [-0.1, -0.05) is 63.4 Å². The Kier molecular flexibility index (Phi) is 7.09. The molecule has 1 aliphatic rings. The number of nitrogens with zero attached hydrogens (tertiary/aromatic N) is 1. The van der Waals surface area contributed by atoms with Gasteiger partial charge in [-0.3, -0.25) is 4.79 Å². The summed E-state index contributed by atoms with van der Waals surface area (Å²) in [5, 5.41) is 4.19. The van der Waals surface area contributed by atoms with Gasteiger partial charge in [-0.05, 0) is 71.6 Å². The van der Waals surface area contributed by atoms with E-state index in [4.69, 9.17) is 5.73 Å². The number of rotatable bonds is 7. The molecule has 168 valence electrons. The highest BCUT2D eigenvalue weighted by Crippen LogP contribution is 2.31. The number of carbonyl (C=O) groups is 1. The van der Waals surface area contributed by atoms with Crippen molar-refractivity contribution in [2.45, 2.75) is 64.7 Å². The Bertz CT molecular complexity index is 1080. The molecule has 0 bridgehead atoms. The Labute approximate surface area is 191 Å². The number of nitrogens with one attached hydrogen (secondary N) is 1. The lowest BCUT2D eigenvalue weighted by Gasteiger charge is -2.21. The van der Waals surface area contributed by atoms with Crippen LogP contribution in [0, 0.1) is 5.92 Å². The molecule has 2 aromatic carbocycles. The van der Waals surface area contributed by atoms with Gasteiger partial charge in [0, 0.05) is 18.4 Å². The second-order valence-electron chi connectivity index (χ2n) is 9.49. The van der Waals surface area contributed by atoms with Gasteiger partial charge in [-0.25, -0.2) is 4.98 Å². The van der Waals surface area contributed by atoms with Crippen LogP contribution in [-0.2, 0) is 11.2 Å². The zero-order valence-corrected chi connectivity index (χ0v) is 19.4. The van der Waals surface area contributed by atoms with Crippen LogP contribution in [0.5, 0.6) is 0 Å². The Morgan fingerprint density at radius 3 is 2.66 bits per heavy atom. The first-order chi connectivity index (χ1) is 15.5. The average molecular weight is 430 g/mol. The molecule has 4 nitrogen and oxygen atoms in total. The van der Waals surface area contributed by atoms with E-state index in [1.54, 1.807) is 0 Å². The number of amides is 1. The molecule has 0 radical (unpaired) electrons. The van der Waals surface area contributed by atoms with Crippen molar-refractivity contribution < 1.29 is 4.79 Å². The number of aromatic nitrogens is 1. The molecule has 1 heterocycles. The van der Waals surface area contributed by atoms with Crippen molar-refractivity contribution in [2.24, 2.45) is 5.92 Å². The fraction of sp³-hybridized carbons (Fsp3) is 0.429. The maximum Gasteiger partial charge on any atom is 0.220 e. The van der Waals surface area contributed by atoms with Crippen molar-refractivity contribution in [3.63, 3.8) is 0 Å². The molecule has 1 aromatic heterocycles. The lowest BCUT2D eigenvalue weighted by atomic mass is 9.89. The average Bonchev–Trinajstić information content (AvgIpc) is 2.81. The summed E-state index contributed by atoms with van der Waals surface area (Å²) < 4.78 is 0. The van der Waals surface area contributed by atoms with Crippen molar-refractivity contribution in [3.05, 3.63) is 59.7 Å². The van der Waals surface area contributed by atoms with Crippen LogP contribution in [0.2, 0.25) is 0 Å². The monoisotopic (exact) mass is 429 g/mol. The molecule has 4 heteroatoms. The Morgan fingerprint density at radius 1 is 1.09 bits per heavy atom. The highest BCUT2D eigenvalue weighted by atomic mass is 16.1. The van der Waals surface area contributed by atoms with E-state index in [0.717, 1.165) is 23.0 Å². The van der Waals surface area contributed by atoms with E-state index < -0.39 is 0 Å². The molecule has 0 aliphatic heterocycles. The molecule has 32 heavy (non-hydrogen) atoms. The molecule has 1 aliphatic carbocycles. The summed E-state index contributed by atoms with van der Waals surface area (Å²) in [7, 11) is 0. The summed E-state index contributed by atoms with van der Waals surface area (Å²) >= 11 is 0. The van der Waals surface area contributed by atoms with Crippen LogP contribution < -0.4 is 11.1 Å². The summed E-state index contributed by atoms with van der Waals surface area (Å²) in [6.45, 7) is 5.25. The predicted molar refractivity (Wildman–Crippen MR) is 134 cm³/mol. The first-order valence-corrected chi connectivity index (χ1v) is 12.1. The molecular formula is C28H35N3O. The predicted octanol–water partition coefficient (Wildman–Crippen LogP) is 6.24. The summed E-state index contributed by atoms with van der Waals surface area (Å²) in [5.74, 6) is 1.73. The number of pyridine rings is 1. The molecule has 1 amide bonds. The van der Waals surface area contributed by atoms with Gasteiger partial charge >= 0.3 is 0 Å². The number of hydrogen-bond acceptors (Lipinski definition) is 3. The third kappa shape index (κ3) is 5.29. The Balaban J connectivity index is 1.48. The quantitative estimate of drug-likeness (QED) is 0.467. The van der Waals surface area contributed by atoms with Crippen molar-refractivity contribution in [1.82, 2.24) is 10.3 Å². The van der Waals surface area contributed by atoms with E-state index in [-0.39, 0.29) is 5.91 Å². The van der Waals surface area contributed by atoms with E-state index in [1.807, 2.05) is 6.07 Å². The molecule has 0 spiro atoms. The lowest BCUT2D eigenvalue weighted by molar-refractivity contribution is -0.121. The number of carbonyl (C=O) groups excluding carboxylic acids is 1. The fourth-order valence-corrected chi connectivity index (χ4v) is 4.85. The number of hydrogen-bond donors (Lipinski definition) is 2. The fourth-order valence-electron chi connectivity index (χ4n) is 4.85. The maximum atomic E-state index is 12.4. The van der Waals surface area contributed by atoms with Gasteiger partial charge in [0.1, 0.15) is 5.82 Å². The SMILES string of the molecule is CC(C)c1ccccc1-c1ccc2nc(N)c(CCC(=O)NCC3CCCCC3)cc2c1. The largest absolute Gasteiger partial charge is 0.383 e. The van der Waals surface area contributed by atoms with Gasteiger partial charge in [0.2, 0.25) is 5.91 Å². The summed E-state index contributed by atoms with van der Waals surface area (Å²) in [5.41, 5.74) is 11.8. The lowest BCUT2D eigenvalue weighted by Crippen LogP contribution is -2.30. The second-order valence-corrected chi connectivity index (χ2v) is 9.49. The molecule has 0 saturated heterocycles. The molecule has 3 aromatic rings. The van der Waals surface area contributed by atoms with E-state index in [0.29, 0.717) is 30.5 Å². The molecule has 4 rings (SSSR count). The third-order valence-electron chi connectivity index (χ3n) is 6.76. The van der Waals surface area contributed by atoms with Gasteiger partial charge in [0.15, 0.2) is 0 Å². The van der Waals surface area contributed by atoms with Crippen molar-refractivity contribution in [3.8, 4) is 11.1 Å². The molecule has 3 N–H and O–H groups in total. The third-order valence-corrected chi connectivity index (χ3v) is 6.76. The van der Waals surface area contributed by atoms with Crippen LogP contribution in [0.4, 0.5) is 5.82 Å². The van der Waals surface area contributed by atoms with Crippen LogP contribution in [-0.4, -0.2) is 17.4 Å². The number of nitrogen functional groups attached to an aromatic ring is 1. The molecule has 0 unspecified atom stereocenters. The van der Waals surface area contributed by atoms with Gasteiger partial charge in [0.25, 0.3) is 0 Å². The molecule has 1 saturated carbocycles. The standard InChI is InChI=1S/C28H35N3O/c1-19(2)24-10-6-7-11-25(24)21-12-14-26-23(16-21)17-22(28(29)31-26)13-15-27(32)30-18-20-8-4-3-5-9-20/h6-7,10-12,14,16-17,19-20H,3-5,8-9,13,15,18H2,1-2H3,(H2,29,31)(H,30,32). The van der Waals surface area contributed by atoms with Crippen LogP contribution in [0.3, 0.4) is 0 Å². The first-order valence-electron chi connectivity index (χ1n) is 12.1. The maximum absolute atomic E-state index is 12.4. The number of nitrogens with two attached hydrogens (primary N) is 1. The van der Waals surface area contributed by atoms with Crippen molar-refractivity contribution >= 4 is 22.6 Å². The summed E-state index contributed by atoms with van der Waals surface area (Å²) in [6.07, 6.45) is 7.46. The second kappa shape index (κ2) is 10.2. The van der Waals surface area contributed by atoms with Crippen molar-refractivity contribution in [1.29, 1.82) is 0 Å². The topological polar surface area (TPSA) is 68.0 Å². The summed E-state index contributed by atoms with van der Waals surface area (Å²) in [6, 6.07) is 17.0. The minimum atomic E-state index is 0.106. The summed E-state index contributed by atoms with van der Waals surface area (Å²) in [4.78, 5) is 17.0. The van der Waals surface area contributed by atoms with E-state index in [9.17, 15) is 4.79 Å². The highest BCUT2D eigenvalue weighted by molar-refractivity contribution is 5.87. The van der Waals surface area contributed by atoms with E-state index in [1.165, 1.54) is 48.8 Å². The minimum absolute atomic E-state index is 0.106. The van der Waals surface area contributed by atoms with E-state index in [2.05, 4.69) is 66.6 Å². The zero-order chi connectivity index (χ0) is 22.5. The van der Waals surface area contributed by atoms with Crippen LogP contribution in [0.15, 0.2) is 48.5 Å². The van der Waals surface area contributed by atoms with Gasteiger partial charge in [-0.15, -0.1) is 0 Å². The number of aryl methyl sites for hydroxylation is 1. The number of benzene rings is 2. The van der Waals surface area contributed by atoms with Gasteiger partial charge < -0.3 is 11.1 Å². The van der Waals surface area contributed by atoms with Crippen LogP contribution >= 0.6 is 0 Å². The molecule has 1 fully saturated rings. The Hall–Kier alpha value is -2.88. The number of anilines is 1. The van der Waals surface area contributed by atoms with Crippen LogP contribution in [0.25, 0.3) is 22.0 Å².